The van der Waals surface area contributed by atoms with E-state index in [-0.39, 0.29) is 10.6 Å². The number of halogens is 2. The number of amides is 1. The van der Waals surface area contributed by atoms with E-state index in [1.807, 2.05) is 0 Å². The van der Waals surface area contributed by atoms with E-state index in [0.29, 0.717) is 21.9 Å². The van der Waals surface area contributed by atoms with E-state index in [1.165, 1.54) is 12.1 Å². The molecule has 134 valence electrons. The number of benzene rings is 1. The second-order valence-electron chi connectivity index (χ2n) is 5.04. The van der Waals surface area contributed by atoms with Crippen molar-refractivity contribution < 1.29 is 33.0 Å². The van der Waals surface area contributed by atoms with Gasteiger partial charge in [-0.2, -0.15) is 8.78 Å². The Balaban J connectivity index is 2.14. The maximum Gasteiger partial charge on any atom is 0.387 e. The number of nitrogens with one attached hydrogen (secondary N) is 1. The van der Waals surface area contributed by atoms with Gasteiger partial charge in [0.15, 0.2) is 6.61 Å². The van der Waals surface area contributed by atoms with E-state index in [2.05, 4.69) is 10.1 Å². The number of carbonyl (C=O) groups is 2. The summed E-state index contributed by atoms with van der Waals surface area (Å²) in [4.78, 5) is 23.5. The summed E-state index contributed by atoms with van der Waals surface area (Å²) in [6.07, 6.45) is 0. The molecule has 2 N–H and O–H groups in total. The molecule has 2 rings (SSSR count). The highest BCUT2D eigenvalue weighted by atomic mass is 32.1. The first-order chi connectivity index (χ1) is 11.8. The first kappa shape index (κ1) is 18.7. The smallest absolute Gasteiger partial charge is 0.387 e. The summed E-state index contributed by atoms with van der Waals surface area (Å²) < 4.78 is 34.3. The van der Waals surface area contributed by atoms with Crippen LogP contribution in [0, 0.1) is 13.8 Å². The number of ether oxygens (including phenoxy) is 2. The number of hydrogen-bond donors (Lipinski definition) is 2. The molecule has 0 unspecified atom stereocenters. The SMILES string of the molecule is Cc1cc(OC(F)F)c(C(=O)Nc2ccc(OCC(=O)O)cc2C)s1. The molecular formula is C16H15F2NO5S. The fraction of sp³-hybridized carbons (Fsp3) is 0.250. The lowest BCUT2D eigenvalue weighted by Crippen LogP contribution is -2.14. The Morgan fingerprint density at radius 3 is 2.60 bits per heavy atom. The van der Waals surface area contributed by atoms with Crippen molar-refractivity contribution in [1.82, 2.24) is 0 Å². The molecule has 0 radical (unpaired) electrons. The van der Waals surface area contributed by atoms with Crippen molar-refractivity contribution >= 4 is 28.9 Å². The van der Waals surface area contributed by atoms with Crippen LogP contribution in [0.4, 0.5) is 14.5 Å². The highest BCUT2D eigenvalue weighted by molar-refractivity contribution is 7.14. The van der Waals surface area contributed by atoms with Gasteiger partial charge in [0.05, 0.1) is 0 Å². The topological polar surface area (TPSA) is 84.9 Å². The predicted molar refractivity (Wildman–Crippen MR) is 88.0 cm³/mol. The van der Waals surface area contributed by atoms with Gasteiger partial charge in [0.25, 0.3) is 5.91 Å². The van der Waals surface area contributed by atoms with Crippen LogP contribution in [0.15, 0.2) is 24.3 Å². The average Bonchev–Trinajstić information content (AvgIpc) is 2.87. The highest BCUT2D eigenvalue weighted by Gasteiger charge is 2.20. The lowest BCUT2D eigenvalue weighted by Gasteiger charge is -2.11. The van der Waals surface area contributed by atoms with E-state index in [4.69, 9.17) is 9.84 Å². The third-order valence-corrected chi connectivity index (χ3v) is 4.08. The minimum absolute atomic E-state index is 0.0448. The van der Waals surface area contributed by atoms with E-state index >= 15 is 0 Å². The molecule has 0 atom stereocenters. The number of anilines is 1. The van der Waals surface area contributed by atoms with Crippen LogP contribution in [0.3, 0.4) is 0 Å². The number of alkyl halides is 2. The normalized spacial score (nSPS) is 10.6. The van der Waals surface area contributed by atoms with Crippen LogP contribution in [-0.2, 0) is 4.79 Å². The molecule has 9 heteroatoms. The average molecular weight is 371 g/mol. The molecule has 0 spiro atoms. The number of thiophene rings is 1. The third kappa shape index (κ3) is 5.15. The minimum atomic E-state index is -3.02. The molecule has 25 heavy (non-hydrogen) atoms. The van der Waals surface area contributed by atoms with Gasteiger partial charge < -0.3 is 19.9 Å². The fourth-order valence-corrected chi connectivity index (χ4v) is 2.86. The maximum atomic E-state index is 12.4. The number of aliphatic carboxylic acids is 1. The summed E-state index contributed by atoms with van der Waals surface area (Å²) in [5.41, 5.74) is 1.07. The van der Waals surface area contributed by atoms with Crippen LogP contribution in [0.1, 0.15) is 20.1 Å². The molecule has 0 saturated carbocycles. The van der Waals surface area contributed by atoms with Crippen LogP contribution in [0.5, 0.6) is 11.5 Å². The van der Waals surface area contributed by atoms with Gasteiger partial charge in [-0.3, -0.25) is 4.79 Å². The van der Waals surface area contributed by atoms with Crippen LogP contribution < -0.4 is 14.8 Å². The Bertz CT molecular complexity index is 791. The van der Waals surface area contributed by atoms with Crippen molar-refractivity contribution in [1.29, 1.82) is 0 Å². The predicted octanol–water partition coefficient (Wildman–Crippen LogP) is 3.68. The van der Waals surface area contributed by atoms with Gasteiger partial charge in [-0.1, -0.05) is 0 Å². The van der Waals surface area contributed by atoms with Gasteiger partial charge in [0, 0.05) is 10.6 Å². The van der Waals surface area contributed by atoms with Crippen molar-refractivity contribution in [2.45, 2.75) is 20.5 Å². The molecule has 1 amide bonds. The third-order valence-electron chi connectivity index (χ3n) is 3.05. The molecule has 1 heterocycles. The van der Waals surface area contributed by atoms with E-state index in [9.17, 15) is 18.4 Å². The van der Waals surface area contributed by atoms with Crippen LogP contribution in [0.25, 0.3) is 0 Å². The molecule has 1 aromatic heterocycles. The molecular weight excluding hydrogens is 356 g/mol. The van der Waals surface area contributed by atoms with Crippen molar-refractivity contribution in [2.24, 2.45) is 0 Å². The number of carboxylic acid groups (broad SMARTS) is 1. The Morgan fingerprint density at radius 2 is 2.00 bits per heavy atom. The van der Waals surface area contributed by atoms with Crippen molar-refractivity contribution in [2.75, 3.05) is 11.9 Å². The molecule has 0 aliphatic heterocycles. The van der Waals surface area contributed by atoms with Gasteiger partial charge >= 0.3 is 12.6 Å². The largest absolute Gasteiger partial charge is 0.482 e. The number of carboxylic acids is 1. The number of hydrogen-bond acceptors (Lipinski definition) is 5. The first-order valence-corrected chi connectivity index (χ1v) is 7.89. The van der Waals surface area contributed by atoms with E-state index in [1.54, 1.807) is 26.0 Å². The Hall–Kier alpha value is -2.68. The lowest BCUT2D eigenvalue weighted by molar-refractivity contribution is -0.139. The lowest BCUT2D eigenvalue weighted by atomic mass is 10.2. The molecule has 2 aromatic rings. The van der Waals surface area contributed by atoms with Gasteiger partial charge in [0.2, 0.25) is 0 Å². The summed E-state index contributed by atoms with van der Waals surface area (Å²) in [5.74, 6) is -1.51. The summed E-state index contributed by atoms with van der Waals surface area (Å²) in [6, 6.07) is 5.98. The summed E-state index contributed by atoms with van der Waals surface area (Å²) >= 11 is 1.04. The Morgan fingerprint density at radius 1 is 1.28 bits per heavy atom. The molecule has 6 nitrogen and oxygen atoms in total. The number of rotatable bonds is 7. The zero-order valence-electron chi connectivity index (χ0n) is 13.3. The molecule has 0 saturated heterocycles. The summed E-state index contributed by atoms with van der Waals surface area (Å²) in [5, 5.41) is 11.2. The quantitative estimate of drug-likeness (QED) is 0.776. The van der Waals surface area contributed by atoms with Crippen LogP contribution in [0.2, 0.25) is 0 Å². The van der Waals surface area contributed by atoms with Crippen molar-refractivity contribution in [3.05, 3.63) is 39.6 Å². The Labute approximate surface area is 146 Å². The zero-order valence-corrected chi connectivity index (χ0v) is 14.2. The van der Waals surface area contributed by atoms with Gasteiger partial charge in [0.1, 0.15) is 16.4 Å². The van der Waals surface area contributed by atoms with Gasteiger partial charge in [-0.25, -0.2) is 4.79 Å². The van der Waals surface area contributed by atoms with E-state index < -0.39 is 25.1 Å². The molecule has 1 aromatic carbocycles. The van der Waals surface area contributed by atoms with Gasteiger partial charge in [-0.15, -0.1) is 11.3 Å². The highest BCUT2D eigenvalue weighted by Crippen LogP contribution is 2.31. The standard InChI is InChI=1S/C16H15F2NO5S/c1-8-5-10(23-7-13(20)21)3-4-11(8)19-15(22)14-12(24-16(17)18)6-9(2)25-14/h3-6,16H,7H2,1-2H3,(H,19,22)(H,20,21). The molecule has 0 aliphatic carbocycles. The second-order valence-corrected chi connectivity index (χ2v) is 6.30. The first-order valence-electron chi connectivity index (χ1n) is 7.08. The van der Waals surface area contributed by atoms with Crippen LogP contribution in [-0.4, -0.2) is 30.2 Å². The van der Waals surface area contributed by atoms with E-state index in [0.717, 1.165) is 11.3 Å². The number of carbonyl (C=O) groups excluding carboxylic acids is 1. The van der Waals surface area contributed by atoms with Gasteiger partial charge in [-0.05, 0) is 43.7 Å². The second kappa shape index (κ2) is 7.93. The fourth-order valence-electron chi connectivity index (χ4n) is 2.02. The maximum absolute atomic E-state index is 12.4. The Kier molecular flexibility index (Phi) is 5.92. The summed E-state index contributed by atoms with van der Waals surface area (Å²) in [7, 11) is 0. The number of aryl methyl sites for hydroxylation is 2. The zero-order chi connectivity index (χ0) is 18.6. The minimum Gasteiger partial charge on any atom is -0.482 e. The van der Waals surface area contributed by atoms with Crippen molar-refractivity contribution in [3.63, 3.8) is 0 Å². The molecule has 0 aliphatic rings. The van der Waals surface area contributed by atoms with Crippen LogP contribution >= 0.6 is 11.3 Å². The monoisotopic (exact) mass is 371 g/mol. The summed E-state index contributed by atoms with van der Waals surface area (Å²) in [6.45, 7) is -0.125. The van der Waals surface area contributed by atoms with Crippen molar-refractivity contribution in [3.8, 4) is 11.5 Å². The molecule has 0 bridgehead atoms. The molecule has 0 fully saturated rings.